The number of rotatable bonds is 4. The van der Waals surface area contributed by atoms with Crippen molar-refractivity contribution in [3.05, 3.63) is 16.5 Å². The fourth-order valence-corrected chi connectivity index (χ4v) is 5.37. The van der Waals surface area contributed by atoms with Crippen LogP contribution in [0, 0.1) is 12.8 Å². The molecular formula is C15H15F3N4O6S2. The summed E-state index contributed by atoms with van der Waals surface area (Å²) in [6.07, 6.45) is -5.61. The van der Waals surface area contributed by atoms with Crippen LogP contribution in [0.15, 0.2) is 15.8 Å². The van der Waals surface area contributed by atoms with Crippen LogP contribution >= 0.6 is 23.1 Å². The van der Waals surface area contributed by atoms with E-state index in [2.05, 4.69) is 15.5 Å². The molecule has 3 aliphatic rings. The van der Waals surface area contributed by atoms with E-state index in [1.54, 1.807) is 0 Å². The number of amides is 1. The molecule has 1 aromatic heterocycles. The van der Waals surface area contributed by atoms with Crippen LogP contribution in [0.5, 0.6) is 0 Å². The third kappa shape index (κ3) is 4.37. The molecule has 0 saturated carbocycles. The number of nitrogens with one attached hydrogen (secondary N) is 1. The third-order valence-corrected chi connectivity index (χ3v) is 6.62. The number of hydrogen-bond donors (Lipinski definition) is 3. The Labute approximate surface area is 175 Å². The van der Waals surface area contributed by atoms with E-state index in [1.807, 2.05) is 6.92 Å². The summed E-state index contributed by atoms with van der Waals surface area (Å²) >= 11 is 3.00. The van der Waals surface area contributed by atoms with Crippen molar-refractivity contribution >= 4 is 41.1 Å². The normalized spacial score (nSPS) is 24.6. The average molecular weight is 468 g/mol. The van der Waals surface area contributed by atoms with Gasteiger partial charge in [0, 0.05) is 17.2 Å². The smallest absolute Gasteiger partial charge is 0.475 e. The van der Waals surface area contributed by atoms with Gasteiger partial charge in [0.2, 0.25) is 11.8 Å². The number of halogens is 3. The molecule has 0 aromatic carbocycles. The van der Waals surface area contributed by atoms with Crippen molar-refractivity contribution in [3.8, 4) is 0 Å². The standard InChI is InChI=1S/C13H14N4O4S2.C2HF3O2/c1-5-15-16-12(23-5)22-4-7-6-2-3-14-8-9(6)17(10(8)18)11(7)21-13(19)20;3-2(4,5)1(6)7/h6,8-9,14H,2-4H2,1H3,(H,19,20);(H,6,7)/t6?,8-,9+;/m0./s1. The number of ether oxygens (including phenoxy) is 1. The largest absolute Gasteiger partial charge is 0.512 e. The Morgan fingerprint density at radius 2 is 2.03 bits per heavy atom. The van der Waals surface area contributed by atoms with Gasteiger partial charge in [-0.3, -0.25) is 9.69 Å². The van der Waals surface area contributed by atoms with Gasteiger partial charge in [-0.25, -0.2) is 9.59 Å². The number of aromatic nitrogens is 2. The van der Waals surface area contributed by atoms with Crippen molar-refractivity contribution in [2.45, 2.75) is 35.9 Å². The zero-order chi connectivity index (χ0) is 22.2. The number of carbonyl (C=O) groups excluding carboxylic acids is 1. The number of β-lactam (4-membered cyclic amide) rings is 1. The minimum Gasteiger partial charge on any atom is -0.475 e. The molecule has 3 aliphatic heterocycles. The van der Waals surface area contributed by atoms with E-state index in [-0.39, 0.29) is 29.8 Å². The van der Waals surface area contributed by atoms with Gasteiger partial charge in [-0.2, -0.15) is 13.2 Å². The molecule has 2 fully saturated rings. The van der Waals surface area contributed by atoms with Crippen LogP contribution < -0.4 is 5.32 Å². The molecule has 0 radical (unpaired) electrons. The van der Waals surface area contributed by atoms with Crippen LogP contribution in [0.2, 0.25) is 0 Å². The van der Waals surface area contributed by atoms with Crippen molar-refractivity contribution in [2.75, 3.05) is 12.3 Å². The molecule has 1 aromatic rings. The topological polar surface area (TPSA) is 142 Å². The Bertz CT molecular complexity index is 905. The zero-order valence-corrected chi connectivity index (χ0v) is 16.8. The molecule has 3 N–H and O–H groups in total. The second-order valence-electron chi connectivity index (χ2n) is 6.40. The summed E-state index contributed by atoms with van der Waals surface area (Å²) in [5.41, 5.74) is 0.882. The minimum absolute atomic E-state index is 0.0163. The fraction of sp³-hybridized carbons (Fsp3) is 0.533. The first-order valence-corrected chi connectivity index (χ1v) is 10.2. The highest BCUT2D eigenvalue weighted by Gasteiger charge is 2.60. The lowest BCUT2D eigenvalue weighted by molar-refractivity contribution is -0.192. The number of carbonyl (C=O) groups is 3. The van der Waals surface area contributed by atoms with Crippen LogP contribution in [0.4, 0.5) is 18.0 Å². The van der Waals surface area contributed by atoms with Gasteiger partial charge in [0.05, 0.1) is 6.04 Å². The van der Waals surface area contributed by atoms with E-state index in [4.69, 9.17) is 19.7 Å². The van der Waals surface area contributed by atoms with E-state index in [9.17, 15) is 22.8 Å². The molecule has 2 saturated heterocycles. The molecule has 15 heteroatoms. The summed E-state index contributed by atoms with van der Waals surface area (Å²) in [6, 6.07) is -0.232. The zero-order valence-electron chi connectivity index (χ0n) is 15.2. The molecule has 164 valence electrons. The maximum absolute atomic E-state index is 12.2. The maximum Gasteiger partial charge on any atom is 0.512 e. The van der Waals surface area contributed by atoms with Gasteiger partial charge in [-0.15, -0.1) is 10.2 Å². The van der Waals surface area contributed by atoms with Crippen molar-refractivity contribution in [1.29, 1.82) is 0 Å². The lowest BCUT2D eigenvalue weighted by atomic mass is 9.80. The number of nitrogens with zero attached hydrogens (tertiary/aromatic N) is 3. The molecule has 30 heavy (non-hydrogen) atoms. The molecule has 0 aliphatic carbocycles. The summed E-state index contributed by atoms with van der Waals surface area (Å²) in [4.78, 5) is 33.6. The molecule has 1 amide bonds. The molecule has 4 heterocycles. The van der Waals surface area contributed by atoms with Crippen LogP contribution in [-0.4, -0.2) is 73.9 Å². The molecule has 3 atom stereocenters. The van der Waals surface area contributed by atoms with E-state index in [0.29, 0.717) is 5.75 Å². The quantitative estimate of drug-likeness (QED) is 0.339. The lowest BCUT2D eigenvalue weighted by Gasteiger charge is -2.48. The Hall–Kier alpha value is -2.39. The molecular weight excluding hydrogens is 453 g/mol. The van der Waals surface area contributed by atoms with E-state index in [1.165, 1.54) is 28.0 Å². The molecule has 0 spiro atoms. The van der Waals surface area contributed by atoms with Crippen LogP contribution in [0.1, 0.15) is 11.4 Å². The molecule has 0 bridgehead atoms. The van der Waals surface area contributed by atoms with Crippen molar-refractivity contribution in [2.24, 2.45) is 5.92 Å². The van der Waals surface area contributed by atoms with Crippen molar-refractivity contribution in [3.63, 3.8) is 0 Å². The number of hydrogen-bond acceptors (Lipinski definition) is 9. The van der Waals surface area contributed by atoms with Crippen LogP contribution in [0.3, 0.4) is 0 Å². The highest BCUT2D eigenvalue weighted by molar-refractivity contribution is 8.01. The van der Waals surface area contributed by atoms with Crippen molar-refractivity contribution < 1.29 is 42.5 Å². The Morgan fingerprint density at radius 3 is 2.57 bits per heavy atom. The molecule has 1 unspecified atom stereocenters. The summed E-state index contributed by atoms with van der Waals surface area (Å²) in [5, 5.41) is 28.2. The SMILES string of the molecule is Cc1nnc(SCC2=C(OC(=O)O)N3C(=O)[C@H]4NCCC2[C@H]43)s1.O=C(O)C(F)(F)F. The van der Waals surface area contributed by atoms with Gasteiger partial charge in [-0.1, -0.05) is 23.1 Å². The number of thioether (sulfide) groups is 1. The van der Waals surface area contributed by atoms with Gasteiger partial charge in [0.1, 0.15) is 11.0 Å². The maximum atomic E-state index is 12.2. The first-order chi connectivity index (χ1) is 14.0. The predicted molar refractivity (Wildman–Crippen MR) is 95.7 cm³/mol. The number of aryl methyl sites for hydroxylation is 1. The number of carboxylic acids is 1. The fourth-order valence-electron chi connectivity index (χ4n) is 3.47. The van der Waals surface area contributed by atoms with Gasteiger partial charge in [-0.05, 0) is 19.9 Å². The first kappa shape index (κ1) is 22.3. The average Bonchev–Trinajstić information content (AvgIpc) is 3.18. The number of carboxylic acid groups (broad SMARTS) is 2. The minimum atomic E-state index is -5.08. The highest BCUT2D eigenvalue weighted by atomic mass is 32.2. The van der Waals surface area contributed by atoms with E-state index in [0.717, 1.165) is 27.9 Å². The predicted octanol–water partition coefficient (Wildman–Crippen LogP) is 1.68. The first-order valence-electron chi connectivity index (χ1n) is 8.44. The lowest BCUT2D eigenvalue weighted by Crippen LogP contribution is -2.71. The Morgan fingerprint density at radius 1 is 1.37 bits per heavy atom. The molecule has 10 nitrogen and oxygen atoms in total. The second kappa shape index (κ2) is 8.39. The van der Waals surface area contributed by atoms with Crippen molar-refractivity contribution in [1.82, 2.24) is 20.4 Å². The summed E-state index contributed by atoms with van der Waals surface area (Å²) in [6.45, 7) is 2.63. The van der Waals surface area contributed by atoms with Crippen LogP contribution in [-0.2, 0) is 14.3 Å². The summed E-state index contributed by atoms with van der Waals surface area (Å²) in [5.74, 6) is -1.97. The van der Waals surface area contributed by atoms with Gasteiger partial charge < -0.3 is 20.3 Å². The van der Waals surface area contributed by atoms with E-state index >= 15 is 0 Å². The monoisotopic (exact) mass is 468 g/mol. The number of alkyl halides is 3. The van der Waals surface area contributed by atoms with Gasteiger partial charge >= 0.3 is 18.3 Å². The highest BCUT2D eigenvalue weighted by Crippen LogP contribution is 2.47. The van der Waals surface area contributed by atoms with Crippen LogP contribution in [0.25, 0.3) is 0 Å². The third-order valence-electron chi connectivity index (χ3n) is 4.60. The molecule has 4 rings (SSSR count). The van der Waals surface area contributed by atoms with Gasteiger partial charge in [0.15, 0.2) is 4.34 Å². The summed E-state index contributed by atoms with van der Waals surface area (Å²) in [7, 11) is 0. The van der Waals surface area contributed by atoms with E-state index < -0.39 is 18.3 Å². The number of piperidine rings is 1. The van der Waals surface area contributed by atoms with Gasteiger partial charge in [0.25, 0.3) is 0 Å². The second-order valence-corrected chi connectivity index (χ2v) is 8.81. The number of aliphatic carboxylic acids is 1. The Balaban J connectivity index is 0.000000318. The summed E-state index contributed by atoms with van der Waals surface area (Å²) < 4.78 is 37.5. The Kier molecular flexibility index (Phi) is 6.24.